The maximum atomic E-state index is 12.4. The molecule has 1 N–H and O–H groups in total. The fourth-order valence-electron chi connectivity index (χ4n) is 2.76. The Bertz CT molecular complexity index is 566. The van der Waals surface area contributed by atoms with Crippen LogP contribution in [0.1, 0.15) is 25.7 Å². The van der Waals surface area contributed by atoms with Crippen molar-refractivity contribution in [3.8, 4) is 6.01 Å². The number of nitrogens with one attached hydrogen (secondary N) is 1. The zero-order valence-corrected chi connectivity index (χ0v) is 12.8. The second kappa shape index (κ2) is 6.48. The van der Waals surface area contributed by atoms with E-state index < -0.39 is 6.04 Å². The van der Waals surface area contributed by atoms with Gasteiger partial charge in [-0.05, 0) is 19.3 Å². The van der Waals surface area contributed by atoms with Crippen molar-refractivity contribution in [3.63, 3.8) is 0 Å². The van der Waals surface area contributed by atoms with Gasteiger partial charge in [0.25, 0.3) is 0 Å². The number of amides is 2. The molecule has 118 valence electrons. The Morgan fingerprint density at radius 3 is 2.82 bits per heavy atom. The standard InChI is InChI=1S/C14H17ClN4O3/c15-9-6-16-14(17-7-9)22-10-2-1-5-19(8-10)13(21)11-3-4-12(20)18-11/h6-7,10-11H,1-5,8H2,(H,18,20). The summed E-state index contributed by atoms with van der Waals surface area (Å²) >= 11 is 5.74. The quantitative estimate of drug-likeness (QED) is 0.888. The Morgan fingerprint density at radius 2 is 2.14 bits per heavy atom. The molecule has 1 aromatic heterocycles. The van der Waals surface area contributed by atoms with Gasteiger partial charge in [0.05, 0.1) is 24.0 Å². The summed E-state index contributed by atoms with van der Waals surface area (Å²) in [4.78, 5) is 33.4. The van der Waals surface area contributed by atoms with Crippen molar-refractivity contribution in [3.05, 3.63) is 17.4 Å². The minimum Gasteiger partial charge on any atom is -0.458 e. The molecule has 2 amide bonds. The van der Waals surface area contributed by atoms with E-state index in [9.17, 15) is 9.59 Å². The summed E-state index contributed by atoms with van der Waals surface area (Å²) < 4.78 is 5.71. The molecule has 2 saturated heterocycles. The number of aromatic nitrogens is 2. The van der Waals surface area contributed by atoms with E-state index in [0.717, 1.165) is 12.8 Å². The Hall–Kier alpha value is -1.89. The Kier molecular flexibility index (Phi) is 4.42. The number of carbonyl (C=O) groups is 2. The highest BCUT2D eigenvalue weighted by atomic mass is 35.5. The number of rotatable bonds is 3. The van der Waals surface area contributed by atoms with Crippen LogP contribution < -0.4 is 10.1 Å². The molecule has 2 aliphatic heterocycles. The third kappa shape index (κ3) is 3.47. The maximum absolute atomic E-state index is 12.4. The highest BCUT2D eigenvalue weighted by Gasteiger charge is 2.33. The molecule has 0 radical (unpaired) electrons. The van der Waals surface area contributed by atoms with Crippen LogP contribution in [0.5, 0.6) is 6.01 Å². The van der Waals surface area contributed by atoms with Crippen LogP contribution in [0.2, 0.25) is 5.02 Å². The molecule has 7 nitrogen and oxygen atoms in total. The van der Waals surface area contributed by atoms with Gasteiger partial charge in [-0.2, -0.15) is 0 Å². The van der Waals surface area contributed by atoms with E-state index in [1.54, 1.807) is 4.90 Å². The Morgan fingerprint density at radius 1 is 1.36 bits per heavy atom. The first-order chi connectivity index (χ1) is 10.6. The highest BCUT2D eigenvalue weighted by molar-refractivity contribution is 6.30. The van der Waals surface area contributed by atoms with Crippen molar-refractivity contribution >= 4 is 23.4 Å². The zero-order valence-electron chi connectivity index (χ0n) is 12.0. The van der Waals surface area contributed by atoms with Gasteiger partial charge in [-0.1, -0.05) is 11.6 Å². The largest absolute Gasteiger partial charge is 0.458 e. The Balaban J connectivity index is 1.58. The van der Waals surface area contributed by atoms with Gasteiger partial charge in [0.2, 0.25) is 11.8 Å². The predicted octanol–water partition coefficient (Wildman–Crippen LogP) is 0.778. The van der Waals surface area contributed by atoms with Crippen LogP contribution >= 0.6 is 11.6 Å². The van der Waals surface area contributed by atoms with Crippen LogP contribution in [0.3, 0.4) is 0 Å². The number of halogens is 1. The van der Waals surface area contributed by atoms with E-state index in [0.29, 0.717) is 31.0 Å². The number of hydrogen-bond donors (Lipinski definition) is 1. The first kappa shape index (κ1) is 15.0. The summed E-state index contributed by atoms with van der Waals surface area (Å²) in [6.07, 6.45) is 5.49. The molecule has 8 heteroatoms. The van der Waals surface area contributed by atoms with Gasteiger partial charge >= 0.3 is 6.01 Å². The van der Waals surface area contributed by atoms with Crippen LogP contribution in [0, 0.1) is 0 Å². The smallest absolute Gasteiger partial charge is 0.316 e. The summed E-state index contributed by atoms with van der Waals surface area (Å²) in [5.74, 6) is -0.0890. The van der Waals surface area contributed by atoms with Gasteiger partial charge in [0.1, 0.15) is 12.1 Å². The minimum absolute atomic E-state index is 0.0313. The van der Waals surface area contributed by atoms with Gasteiger partial charge in [0, 0.05) is 13.0 Å². The van der Waals surface area contributed by atoms with Gasteiger partial charge in [-0.25, -0.2) is 9.97 Å². The zero-order chi connectivity index (χ0) is 15.5. The molecule has 2 aliphatic rings. The van der Waals surface area contributed by atoms with Crippen molar-refractivity contribution in [1.29, 1.82) is 0 Å². The third-order valence-corrected chi connectivity index (χ3v) is 4.05. The molecule has 3 heterocycles. The van der Waals surface area contributed by atoms with Crippen LogP contribution in [-0.4, -0.2) is 51.9 Å². The summed E-state index contributed by atoms with van der Waals surface area (Å²) in [7, 11) is 0. The lowest BCUT2D eigenvalue weighted by Crippen LogP contribution is -2.50. The lowest BCUT2D eigenvalue weighted by atomic mass is 10.1. The normalized spacial score (nSPS) is 25.0. The maximum Gasteiger partial charge on any atom is 0.316 e. The molecule has 22 heavy (non-hydrogen) atoms. The van der Waals surface area contributed by atoms with E-state index in [1.165, 1.54) is 12.4 Å². The van der Waals surface area contributed by atoms with Crippen molar-refractivity contribution in [2.24, 2.45) is 0 Å². The lowest BCUT2D eigenvalue weighted by molar-refractivity contribution is -0.136. The van der Waals surface area contributed by atoms with E-state index in [-0.39, 0.29) is 23.9 Å². The Labute approximate surface area is 133 Å². The minimum atomic E-state index is -0.391. The number of piperidine rings is 1. The number of carbonyl (C=O) groups excluding carboxylic acids is 2. The molecule has 3 rings (SSSR count). The van der Waals surface area contributed by atoms with Gasteiger partial charge < -0.3 is 15.0 Å². The van der Waals surface area contributed by atoms with E-state index in [2.05, 4.69) is 15.3 Å². The topological polar surface area (TPSA) is 84.4 Å². The molecular formula is C14H17ClN4O3. The number of ether oxygens (including phenoxy) is 1. The van der Waals surface area contributed by atoms with E-state index >= 15 is 0 Å². The second-order valence-corrected chi connectivity index (χ2v) is 5.95. The molecular weight excluding hydrogens is 308 g/mol. The average molecular weight is 325 g/mol. The molecule has 0 saturated carbocycles. The first-order valence-corrected chi connectivity index (χ1v) is 7.72. The average Bonchev–Trinajstić information content (AvgIpc) is 2.96. The predicted molar refractivity (Wildman–Crippen MR) is 78.4 cm³/mol. The first-order valence-electron chi connectivity index (χ1n) is 7.34. The number of likely N-dealkylation sites (tertiary alicyclic amines) is 1. The highest BCUT2D eigenvalue weighted by Crippen LogP contribution is 2.18. The van der Waals surface area contributed by atoms with Crippen LogP contribution in [0.25, 0.3) is 0 Å². The van der Waals surface area contributed by atoms with Crippen LogP contribution in [-0.2, 0) is 9.59 Å². The van der Waals surface area contributed by atoms with Gasteiger partial charge in [0.15, 0.2) is 0 Å². The number of nitrogens with zero attached hydrogens (tertiary/aromatic N) is 3. The van der Waals surface area contributed by atoms with Gasteiger partial charge in [-0.3, -0.25) is 9.59 Å². The van der Waals surface area contributed by atoms with E-state index in [1.807, 2.05) is 0 Å². The molecule has 0 bridgehead atoms. The van der Waals surface area contributed by atoms with Crippen molar-refractivity contribution in [2.45, 2.75) is 37.8 Å². The SMILES string of the molecule is O=C1CCC(C(=O)N2CCCC(Oc3ncc(Cl)cn3)C2)N1. The van der Waals surface area contributed by atoms with Gasteiger partial charge in [-0.15, -0.1) is 0 Å². The molecule has 2 atom stereocenters. The summed E-state index contributed by atoms with van der Waals surface area (Å²) in [5.41, 5.74) is 0. The fourth-order valence-corrected chi connectivity index (χ4v) is 2.86. The summed E-state index contributed by atoms with van der Waals surface area (Å²) in [6, 6.07) is -0.129. The molecule has 1 aromatic rings. The fraction of sp³-hybridized carbons (Fsp3) is 0.571. The molecule has 0 aliphatic carbocycles. The number of hydrogen-bond acceptors (Lipinski definition) is 5. The monoisotopic (exact) mass is 324 g/mol. The van der Waals surface area contributed by atoms with Crippen LogP contribution in [0.4, 0.5) is 0 Å². The molecule has 0 aromatic carbocycles. The second-order valence-electron chi connectivity index (χ2n) is 5.51. The third-order valence-electron chi connectivity index (χ3n) is 3.85. The summed E-state index contributed by atoms with van der Waals surface area (Å²) in [5, 5.41) is 3.16. The lowest BCUT2D eigenvalue weighted by Gasteiger charge is -2.33. The van der Waals surface area contributed by atoms with Crippen molar-refractivity contribution in [1.82, 2.24) is 20.2 Å². The van der Waals surface area contributed by atoms with Crippen molar-refractivity contribution < 1.29 is 14.3 Å². The molecule has 2 unspecified atom stereocenters. The van der Waals surface area contributed by atoms with Crippen LogP contribution in [0.15, 0.2) is 12.4 Å². The van der Waals surface area contributed by atoms with Crippen molar-refractivity contribution in [2.75, 3.05) is 13.1 Å². The van der Waals surface area contributed by atoms with E-state index in [4.69, 9.17) is 16.3 Å². The summed E-state index contributed by atoms with van der Waals surface area (Å²) in [6.45, 7) is 1.17. The molecule has 2 fully saturated rings. The molecule has 0 spiro atoms.